The van der Waals surface area contributed by atoms with Crippen LogP contribution in [0.2, 0.25) is 0 Å². The van der Waals surface area contributed by atoms with Gasteiger partial charge in [-0.25, -0.2) is 0 Å². The Labute approximate surface area is 161 Å². The van der Waals surface area contributed by atoms with Crippen molar-refractivity contribution >= 4 is 140 Å². The Morgan fingerprint density at radius 2 is 1.40 bits per heavy atom. The lowest BCUT2D eigenvalue weighted by molar-refractivity contribution is 0.737. The van der Waals surface area contributed by atoms with E-state index in [0.717, 1.165) is 9.39 Å². The summed E-state index contributed by atoms with van der Waals surface area (Å²) < 4.78 is -0.513. The smallest absolute Gasteiger partial charge is 0.138 e. The molecule has 0 saturated heterocycles. The lowest BCUT2D eigenvalue weighted by atomic mass is 10.1. The molecule has 15 heavy (non-hydrogen) atoms. The zero-order chi connectivity index (χ0) is 12.2. The first-order valence-electron chi connectivity index (χ1n) is 3.34. The largest absolute Gasteiger partial charge is 0.145 e. The molecule has 0 nitrogen and oxygen atoms in total. The lowest BCUT2D eigenvalue weighted by Crippen LogP contribution is -2.53. The molecule has 1 aliphatic rings. The molecular formula is C6H2Br8S. The lowest BCUT2D eigenvalue weighted by Gasteiger charge is -2.48. The van der Waals surface area contributed by atoms with Crippen LogP contribution in [-0.2, 0) is 0 Å². The van der Waals surface area contributed by atoms with Crippen LogP contribution in [0.1, 0.15) is 0 Å². The van der Waals surface area contributed by atoms with Gasteiger partial charge in [0.15, 0.2) is 0 Å². The molecule has 0 radical (unpaired) electrons. The molecule has 1 atom stereocenters. The fraction of sp³-hybridized carbons (Fsp3) is 0.667. The van der Waals surface area contributed by atoms with Gasteiger partial charge in [-0.3, -0.25) is 0 Å². The van der Waals surface area contributed by atoms with Gasteiger partial charge < -0.3 is 0 Å². The van der Waals surface area contributed by atoms with Crippen molar-refractivity contribution in [2.45, 2.75) is 14.5 Å². The monoisotopic (exact) mass is 737 g/mol. The highest BCUT2D eigenvalue weighted by Crippen LogP contribution is 2.67. The summed E-state index contributed by atoms with van der Waals surface area (Å²) in [5.41, 5.74) is 0. The predicted octanol–water partition coefficient (Wildman–Crippen LogP) is 6.76. The molecule has 1 rings (SSSR count). The van der Waals surface area contributed by atoms with E-state index in [1.807, 2.05) is 0 Å². The van der Waals surface area contributed by atoms with E-state index >= 15 is 0 Å². The van der Waals surface area contributed by atoms with Crippen LogP contribution < -0.4 is 0 Å². The number of thiol groups is 1. The molecule has 0 aromatic carbocycles. The SMILES string of the molecule is SC1=C(Br)C(Br)(Br)C(Br)C(Br)(Br)C1(Br)Br. The number of allylic oxidation sites excluding steroid dienone is 2. The molecule has 88 valence electrons. The van der Waals surface area contributed by atoms with Crippen molar-refractivity contribution in [2.75, 3.05) is 0 Å². The molecule has 0 aliphatic heterocycles. The van der Waals surface area contributed by atoms with Crippen LogP contribution in [0, 0.1) is 0 Å². The Kier molecular flexibility index (Phi) is 6.08. The summed E-state index contributed by atoms with van der Waals surface area (Å²) in [6.07, 6.45) is 0. The van der Waals surface area contributed by atoms with E-state index in [0.29, 0.717) is 0 Å². The summed E-state index contributed by atoms with van der Waals surface area (Å²) in [7, 11) is 0. The van der Waals surface area contributed by atoms with Gasteiger partial charge in [0.1, 0.15) is 9.70 Å². The van der Waals surface area contributed by atoms with Crippen LogP contribution in [0.5, 0.6) is 0 Å². The van der Waals surface area contributed by atoms with Crippen LogP contribution in [0.25, 0.3) is 0 Å². The Morgan fingerprint density at radius 3 is 1.80 bits per heavy atom. The molecule has 0 heterocycles. The van der Waals surface area contributed by atoms with Crippen molar-refractivity contribution < 1.29 is 0 Å². The van der Waals surface area contributed by atoms with Crippen LogP contribution in [-0.4, -0.2) is 14.5 Å². The first-order chi connectivity index (χ1) is 6.47. The highest BCUT2D eigenvalue weighted by molar-refractivity contribution is 9.31. The third-order valence-electron chi connectivity index (χ3n) is 1.85. The Morgan fingerprint density at radius 1 is 1.00 bits per heavy atom. The van der Waals surface area contributed by atoms with E-state index in [1.54, 1.807) is 0 Å². The van der Waals surface area contributed by atoms with Gasteiger partial charge in [-0.2, -0.15) is 0 Å². The van der Waals surface area contributed by atoms with E-state index < -0.39 is 9.70 Å². The topological polar surface area (TPSA) is 0 Å². The predicted molar refractivity (Wildman–Crippen MR) is 99.4 cm³/mol. The normalized spacial score (nSPS) is 33.0. The molecule has 0 bridgehead atoms. The van der Waals surface area contributed by atoms with Crippen molar-refractivity contribution in [1.82, 2.24) is 0 Å². The van der Waals surface area contributed by atoms with Crippen LogP contribution in [0.15, 0.2) is 9.39 Å². The standard InChI is InChI=1S/C6H2Br8S/c7-1-2(15)5(11,12)6(13,14)3(8)4(1,9)10/h3,15H. The molecule has 0 aromatic heterocycles. The zero-order valence-corrected chi connectivity index (χ0v) is 20.1. The van der Waals surface area contributed by atoms with Crippen LogP contribution >= 0.6 is 140 Å². The van der Waals surface area contributed by atoms with E-state index in [9.17, 15) is 0 Å². The third-order valence-corrected chi connectivity index (χ3v) is 17.2. The van der Waals surface area contributed by atoms with E-state index in [-0.39, 0.29) is 4.83 Å². The molecule has 0 aromatic rings. The summed E-state index contributed by atoms with van der Waals surface area (Å²) in [5, 5.41) is 0. The number of hydrogen-bond acceptors (Lipinski definition) is 1. The number of hydrogen-bond donors (Lipinski definition) is 1. The molecule has 9 heteroatoms. The van der Waals surface area contributed by atoms with Crippen LogP contribution in [0.3, 0.4) is 0 Å². The molecule has 1 unspecified atom stereocenters. The van der Waals surface area contributed by atoms with Crippen molar-refractivity contribution in [3.63, 3.8) is 0 Å². The van der Waals surface area contributed by atoms with E-state index in [1.165, 1.54) is 0 Å². The highest BCUT2D eigenvalue weighted by Gasteiger charge is 2.62. The maximum absolute atomic E-state index is 4.50. The molecular weight excluding hydrogens is 743 g/mol. The molecule has 0 amide bonds. The van der Waals surface area contributed by atoms with Gasteiger partial charge in [-0.05, 0) is 0 Å². The summed E-state index contributed by atoms with van der Waals surface area (Å²) >= 11 is 33.3. The average molecular weight is 745 g/mol. The van der Waals surface area contributed by atoms with Gasteiger partial charge in [0, 0.05) is 9.39 Å². The maximum Gasteiger partial charge on any atom is 0.138 e. The maximum atomic E-state index is 4.50. The van der Waals surface area contributed by atoms with Crippen molar-refractivity contribution in [3.8, 4) is 0 Å². The van der Waals surface area contributed by atoms with E-state index in [4.69, 9.17) is 0 Å². The summed E-state index contributed by atoms with van der Waals surface area (Å²) in [6, 6.07) is 0. The van der Waals surface area contributed by atoms with Gasteiger partial charge >= 0.3 is 0 Å². The molecule has 0 fully saturated rings. The third kappa shape index (κ3) is 2.72. The summed E-state index contributed by atoms with van der Waals surface area (Å²) in [6.45, 7) is 0. The first kappa shape index (κ1) is 17.0. The zero-order valence-electron chi connectivity index (χ0n) is 6.55. The highest BCUT2D eigenvalue weighted by atomic mass is 79.9. The quantitative estimate of drug-likeness (QED) is 0.206. The second-order valence-corrected chi connectivity index (χ2v) is 15.6. The van der Waals surface area contributed by atoms with Gasteiger partial charge in [0.2, 0.25) is 0 Å². The van der Waals surface area contributed by atoms with Crippen molar-refractivity contribution in [2.24, 2.45) is 0 Å². The Hall–Kier alpha value is 3.93. The van der Waals surface area contributed by atoms with Crippen molar-refractivity contribution in [3.05, 3.63) is 9.39 Å². The van der Waals surface area contributed by atoms with Gasteiger partial charge in [-0.15, -0.1) is 12.6 Å². The molecule has 1 aliphatic carbocycles. The fourth-order valence-electron chi connectivity index (χ4n) is 0.952. The summed E-state index contributed by atoms with van der Waals surface area (Å²) in [5.74, 6) is 0. The molecule has 0 spiro atoms. The van der Waals surface area contributed by atoms with E-state index in [2.05, 4.69) is 140 Å². The Bertz CT molecular complexity index is 319. The minimum absolute atomic E-state index is 0.00141. The molecule has 0 N–H and O–H groups in total. The van der Waals surface area contributed by atoms with Crippen molar-refractivity contribution in [1.29, 1.82) is 0 Å². The minimum Gasteiger partial charge on any atom is -0.145 e. The summed E-state index contributed by atoms with van der Waals surface area (Å²) in [4.78, 5) is 0.822. The van der Waals surface area contributed by atoms with Gasteiger partial charge in [-0.1, -0.05) is 127 Å². The number of rotatable bonds is 0. The minimum atomic E-state index is -0.520. The Balaban J connectivity index is 3.48. The van der Waals surface area contributed by atoms with Gasteiger partial charge in [0.25, 0.3) is 0 Å². The molecule has 0 saturated carbocycles. The second-order valence-electron chi connectivity index (χ2n) is 2.85. The second kappa shape index (κ2) is 5.37. The average Bonchev–Trinajstić information content (AvgIpc) is 2.12. The number of alkyl halides is 7. The van der Waals surface area contributed by atoms with Gasteiger partial charge in [0.05, 0.1) is 4.83 Å². The first-order valence-corrected chi connectivity index (χ1v) is 10.3. The van der Waals surface area contributed by atoms with Crippen LogP contribution in [0.4, 0.5) is 0 Å². The number of halogens is 8. The fourth-order valence-corrected chi connectivity index (χ4v) is 8.72.